The number of ether oxygens (including phenoxy) is 1. The summed E-state index contributed by atoms with van der Waals surface area (Å²) < 4.78 is 5.86. The Morgan fingerprint density at radius 3 is 2.42 bits per heavy atom. The molecule has 1 aromatic rings. The number of nitrogens with zero attached hydrogens (tertiary/aromatic N) is 3. The predicted octanol–water partition coefficient (Wildman–Crippen LogP) is 2.62. The molecule has 0 unspecified atom stereocenters. The van der Waals surface area contributed by atoms with Crippen LogP contribution >= 0.6 is 0 Å². The molecule has 0 N–H and O–H groups in total. The highest BCUT2D eigenvalue weighted by molar-refractivity contribution is 5.95. The first-order valence-electron chi connectivity index (χ1n) is 9.38. The third kappa shape index (κ3) is 4.48. The van der Waals surface area contributed by atoms with E-state index < -0.39 is 0 Å². The lowest BCUT2D eigenvalue weighted by Crippen LogP contribution is -2.45. The molecule has 2 amide bonds. The molecule has 1 aliphatic rings. The van der Waals surface area contributed by atoms with Crippen LogP contribution in [0.25, 0.3) is 0 Å². The Morgan fingerprint density at radius 1 is 1.19 bits per heavy atom. The van der Waals surface area contributed by atoms with Gasteiger partial charge < -0.3 is 19.4 Å². The summed E-state index contributed by atoms with van der Waals surface area (Å²) in [4.78, 5) is 30.5. The molecule has 0 bridgehead atoms. The molecule has 144 valence electrons. The van der Waals surface area contributed by atoms with Crippen molar-refractivity contribution in [2.75, 3.05) is 45.7 Å². The Hall–Kier alpha value is -2.24. The van der Waals surface area contributed by atoms with Crippen molar-refractivity contribution in [3.05, 3.63) is 23.8 Å². The molecule has 0 radical (unpaired) electrons. The fraction of sp³-hybridized carbons (Fsp3) is 0.600. The number of hydrogen-bond acceptors (Lipinski definition) is 4. The third-order valence-corrected chi connectivity index (χ3v) is 4.72. The molecule has 0 aromatic heterocycles. The van der Waals surface area contributed by atoms with Gasteiger partial charge in [0, 0.05) is 39.8 Å². The number of fused-ring (bicyclic) bond motifs is 1. The van der Waals surface area contributed by atoms with Crippen molar-refractivity contribution in [2.45, 2.75) is 39.2 Å². The van der Waals surface area contributed by atoms with Gasteiger partial charge in [-0.25, -0.2) is 0 Å². The summed E-state index contributed by atoms with van der Waals surface area (Å²) in [6.45, 7) is 6.24. The maximum atomic E-state index is 12.7. The number of anilines is 1. The van der Waals surface area contributed by atoms with Crippen LogP contribution in [0.1, 0.15) is 43.5 Å². The minimum Gasteiger partial charge on any atom is -0.489 e. The molecule has 1 heterocycles. The summed E-state index contributed by atoms with van der Waals surface area (Å²) in [7, 11) is 5.44. The molecule has 6 heteroatoms. The Kier molecular flexibility index (Phi) is 6.89. The van der Waals surface area contributed by atoms with E-state index in [-0.39, 0.29) is 17.9 Å². The van der Waals surface area contributed by atoms with Gasteiger partial charge in [-0.3, -0.25) is 9.59 Å². The first-order valence-corrected chi connectivity index (χ1v) is 9.38. The second-order valence-corrected chi connectivity index (χ2v) is 7.04. The summed E-state index contributed by atoms with van der Waals surface area (Å²) in [6, 6.07) is 5.44. The number of benzene rings is 1. The molecule has 0 aliphatic carbocycles. The van der Waals surface area contributed by atoms with Gasteiger partial charge in [-0.1, -0.05) is 13.8 Å². The van der Waals surface area contributed by atoms with Gasteiger partial charge in [-0.2, -0.15) is 0 Å². The van der Waals surface area contributed by atoms with Crippen molar-refractivity contribution in [1.29, 1.82) is 0 Å². The van der Waals surface area contributed by atoms with Crippen molar-refractivity contribution in [2.24, 2.45) is 0 Å². The summed E-state index contributed by atoms with van der Waals surface area (Å²) in [6.07, 6.45) is 2.34. The number of amides is 2. The zero-order valence-corrected chi connectivity index (χ0v) is 16.6. The van der Waals surface area contributed by atoms with Gasteiger partial charge in [0.15, 0.2) is 0 Å². The molecular weight excluding hydrogens is 330 g/mol. The fourth-order valence-corrected chi connectivity index (χ4v) is 3.23. The van der Waals surface area contributed by atoms with Gasteiger partial charge in [0.1, 0.15) is 12.4 Å². The van der Waals surface area contributed by atoms with Gasteiger partial charge in [0.2, 0.25) is 5.91 Å². The van der Waals surface area contributed by atoms with E-state index in [4.69, 9.17) is 4.74 Å². The number of carbonyl (C=O) groups excluding carboxylic acids is 2. The van der Waals surface area contributed by atoms with Gasteiger partial charge in [0.25, 0.3) is 5.91 Å². The van der Waals surface area contributed by atoms with Gasteiger partial charge >= 0.3 is 0 Å². The van der Waals surface area contributed by atoms with Crippen LogP contribution in [0.15, 0.2) is 18.2 Å². The zero-order valence-electron chi connectivity index (χ0n) is 16.6. The van der Waals surface area contributed by atoms with E-state index in [1.807, 2.05) is 24.1 Å². The number of likely N-dealkylation sites (N-methyl/N-ethyl adjacent to an activating group) is 1. The summed E-state index contributed by atoms with van der Waals surface area (Å²) in [5.41, 5.74) is 1.48. The van der Waals surface area contributed by atoms with E-state index in [0.717, 1.165) is 37.4 Å². The van der Waals surface area contributed by atoms with Crippen LogP contribution < -0.4 is 9.64 Å². The van der Waals surface area contributed by atoms with Crippen molar-refractivity contribution in [3.63, 3.8) is 0 Å². The van der Waals surface area contributed by atoms with Crippen molar-refractivity contribution in [1.82, 2.24) is 9.80 Å². The van der Waals surface area contributed by atoms with Crippen molar-refractivity contribution < 1.29 is 14.3 Å². The second-order valence-electron chi connectivity index (χ2n) is 7.04. The van der Waals surface area contributed by atoms with Gasteiger partial charge in [0.05, 0.1) is 18.2 Å². The lowest BCUT2D eigenvalue weighted by molar-refractivity contribution is -0.131. The van der Waals surface area contributed by atoms with Gasteiger partial charge in [-0.05, 0) is 31.0 Å². The molecule has 2 rings (SSSR count). The van der Waals surface area contributed by atoms with E-state index in [9.17, 15) is 9.59 Å². The highest BCUT2D eigenvalue weighted by Crippen LogP contribution is 2.34. The van der Waals surface area contributed by atoms with Crippen LogP contribution in [0.2, 0.25) is 0 Å². The maximum Gasteiger partial charge on any atom is 0.253 e. The molecular formula is C20H31N3O3. The molecule has 0 saturated carbocycles. The standard InChI is InChI=1S/C20H31N3O3/c1-6-10-23(11-7-2)19(24)13-16-14-26-18-9-8-15(20(25)21(3)4)12-17(18)22(16)5/h8-9,12,16H,6-7,10-11,13-14H2,1-5H3/t16-/m1/s1. The SMILES string of the molecule is CCCN(CCC)C(=O)C[C@@H]1COc2ccc(C(=O)N(C)C)cc2N1C. The quantitative estimate of drug-likeness (QED) is 0.749. The molecule has 26 heavy (non-hydrogen) atoms. The molecule has 0 fully saturated rings. The van der Waals surface area contributed by atoms with Crippen LogP contribution in [0, 0.1) is 0 Å². The summed E-state index contributed by atoms with van der Waals surface area (Å²) >= 11 is 0. The predicted molar refractivity (Wildman–Crippen MR) is 104 cm³/mol. The second kappa shape index (κ2) is 8.92. The van der Waals surface area contributed by atoms with Crippen LogP contribution in [0.3, 0.4) is 0 Å². The van der Waals surface area contributed by atoms with Crippen molar-refractivity contribution in [3.8, 4) is 5.75 Å². The number of hydrogen-bond donors (Lipinski definition) is 0. The van der Waals surface area contributed by atoms with E-state index >= 15 is 0 Å². The molecule has 0 spiro atoms. The summed E-state index contributed by atoms with van der Waals surface area (Å²) in [5.74, 6) is 0.875. The minimum absolute atomic E-state index is 0.0316. The van der Waals surface area contributed by atoms with Crippen LogP contribution in [-0.2, 0) is 4.79 Å². The largest absolute Gasteiger partial charge is 0.489 e. The lowest BCUT2D eigenvalue weighted by Gasteiger charge is -2.36. The Bertz CT molecular complexity index is 639. The Labute approximate surface area is 156 Å². The Balaban J connectivity index is 2.15. The molecule has 1 aromatic carbocycles. The van der Waals surface area contributed by atoms with E-state index in [2.05, 4.69) is 18.7 Å². The smallest absolute Gasteiger partial charge is 0.253 e. The highest BCUT2D eigenvalue weighted by Gasteiger charge is 2.29. The monoisotopic (exact) mass is 361 g/mol. The normalized spacial score (nSPS) is 15.9. The number of carbonyl (C=O) groups is 2. The minimum atomic E-state index is -0.0449. The average molecular weight is 361 g/mol. The summed E-state index contributed by atoms with van der Waals surface area (Å²) in [5, 5.41) is 0. The molecule has 0 saturated heterocycles. The topological polar surface area (TPSA) is 53.1 Å². The average Bonchev–Trinajstić information content (AvgIpc) is 2.62. The van der Waals surface area contributed by atoms with E-state index in [1.54, 1.807) is 25.1 Å². The van der Waals surface area contributed by atoms with Crippen LogP contribution in [-0.4, -0.2) is 68.5 Å². The first kappa shape index (κ1) is 20.1. The Morgan fingerprint density at radius 2 is 1.85 bits per heavy atom. The molecule has 1 atom stereocenters. The first-order chi connectivity index (χ1) is 12.4. The highest BCUT2D eigenvalue weighted by atomic mass is 16.5. The molecule has 6 nitrogen and oxygen atoms in total. The maximum absolute atomic E-state index is 12.7. The fourth-order valence-electron chi connectivity index (χ4n) is 3.23. The molecule has 1 aliphatic heterocycles. The number of rotatable bonds is 7. The lowest BCUT2D eigenvalue weighted by atomic mass is 10.1. The van der Waals surface area contributed by atoms with Crippen LogP contribution in [0.4, 0.5) is 5.69 Å². The van der Waals surface area contributed by atoms with E-state index in [0.29, 0.717) is 18.6 Å². The van der Waals surface area contributed by atoms with Gasteiger partial charge in [-0.15, -0.1) is 0 Å². The van der Waals surface area contributed by atoms with Crippen LogP contribution in [0.5, 0.6) is 5.75 Å². The van der Waals surface area contributed by atoms with E-state index in [1.165, 1.54) is 0 Å². The zero-order chi connectivity index (χ0) is 19.3. The third-order valence-electron chi connectivity index (χ3n) is 4.72. The van der Waals surface area contributed by atoms with Crippen molar-refractivity contribution >= 4 is 17.5 Å².